The van der Waals surface area contributed by atoms with Crippen molar-refractivity contribution in [2.45, 2.75) is 12.5 Å². The van der Waals surface area contributed by atoms with Gasteiger partial charge in [0.1, 0.15) is 0 Å². The molecule has 1 unspecified atom stereocenters. The molecule has 0 bridgehead atoms. The van der Waals surface area contributed by atoms with Gasteiger partial charge in [-0.05, 0) is 32.6 Å². The molecule has 90 valence electrons. The summed E-state index contributed by atoms with van der Waals surface area (Å²) in [7, 11) is 4.03. The Bertz CT molecular complexity index is 275. The van der Waals surface area contributed by atoms with Crippen LogP contribution >= 0.6 is 0 Å². The molecule has 0 fully saturated rings. The molecule has 0 aromatic heterocycles. The minimum atomic E-state index is 0.165. The van der Waals surface area contributed by atoms with Gasteiger partial charge in [0.05, 0.1) is 6.61 Å². The van der Waals surface area contributed by atoms with E-state index in [1.807, 2.05) is 20.2 Å². The number of nitrogens with zero attached hydrogens (tertiary/aromatic N) is 1. The van der Waals surface area contributed by atoms with Crippen LogP contribution < -0.4 is 5.32 Å². The molecule has 0 radical (unpaired) electrons. The van der Waals surface area contributed by atoms with Gasteiger partial charge in [-0.15, -0.1) is 0 Å². The molecule has 0 aliphatic heterocycles. The molecule has 0 aliphatic rings. The highest BCUT2D eigenvalue weighted by Gasteiger charge is 2.06. The second kappa shape index (κ2) is 7.39. The van der Waals surface area contributed by atoms with Crippen LogP contribution in [0.4, 0.5) is 0 Å². The maximum atomic E-state index is 9.18. The van der Waals surface area contributed by atoms with Crippen molar-refractivity contribution in [2.75, 3.05) is 33.8 Å². The van der Waals surface area contributed by atoms with Gasteiger partial charge in [0, 0.05) is 12.6 Å². The monoisotopic (exact) mass is 222 g/mol. The van der Waals surface area contributed by atoms with Crippen molar-refractivity contribution in [1.29, 1.82) is 0 Å². The van der Waals surface area contributed by atoms with Crippen molar-refractivity contribution in [3.05, 3.63) is 35.9 Å². The first-order valence-electron chi connectivity index (χ1n) is 5.75. The summed E-state index contributed by atoms with van der Waals surface area (Å²) in [4.78, 5) is 2.08. The molecule has 1 aromatic carbocycles. The molecule has 1 rings (SSSR count). The summed E-state index contributed by atoms with van der Waals surface area (Å²) >= 11 is 0. The molecule has 1 atom stereocenters. The Balaban J connectivity index is 2.23. The van der Waals surface area contributed by atoms with Gasteiger partial charge >= 0.3 is 0 Å². The average molecular weight is 222 g/mol. The average Bonchev–Trinajstić information content (AvgIpc) is 2.28. The van der Waals surface area contributed by atoms with Crippen LogP contribution in [-0.2, 0) is 6.42 Å². The van der Waals surface area contributed by atoms with Crippen LogP contribution in [0.5, 0.6) is 0 Å². The predicted molar refractivity (Wildman–Crippen MR) is 67.6 cm³/mol. The summed E-state index contributed by atoms with van der Waals surface area (Å²) in [5.74, 6) is 0. The molecule has 0 saturated heterocycles. The van der Waals surface area contributed by atoms with Gasteiger partial charge in [-0.3, -0.25) is 0 Å². The lowest BCUT2D eigenvalue weighted by Gasteiger charge is -2.20. The SMILES string of the molecule is CN(C)CC(CO)NCCc1ccccc1. The predicted octanol–water partition coefficient (Wildman–Crippen LogP) is 0.741. The first-order valence-corrected chi connectivity index (χ1v) is 5.75. The molecule has 2 N–H and O–H groups in total. The number of aliphatic hydroxyl groups excluding tert-OH is 1. The molecule has 3 nitrogen and oxygen atoms in total. The van der Waals surface area contributed by atoms with E-state index in [1.54, 1.807) is 0 Å². The lowest BCUT2D eigenvalue weighted by Crippen LogP contribution is -2.41. The highest BCUT2D eigenvalue weighted by molar-refractivity contribution is 5.14. The van der Waals surface area contributed by atoms with Crippen LogP contribution in [0.2, 0.25) is 0 Å². The van der Waals surface area contributed by atoms with Crippen molar-refractivity contribution in [3.63, 3.8) is 0 Å². The molecule has 0 saturated carbocycles. The number of nitrogens with one attached hydrogen (secondary N) is 1. The molecular formula is C13H22N2O. The normalized spacial score (nSPS) is 13.0. The largest absolute Gasteiger partial charge is 0.395 e. The standard InChI is InChI=1S/C13H22N2O/c1-15(2)10-13(11-16)14-9-8-12-6-4-3-5-7-12/h3-7,13-14,16H,8-11H2,1-2H3. The number of hydrogen-bond donors (Lipinski definition) is 2. The van der Waals surface area contributed by atoms with Gasteiger partial charge in [0.2, 0.25) is 0 Å². The molecule has 0 amide bonds. The quantitative estimate of drug-likeness (QED) is 0.714. The number of rotatable bonds is 7. The van der Waals surface area contributed by atoms with Crippen molar-refractivity contribution in [1.82, 2.24) is 10.2 Å². The zero-order valence-electron chi connectivity index (χ0n) is 10.2. The summed E-state index contributed by atoms with van der Waals surface area (Å²) in [6.45, 7) is 1.96. The van der Waals surface area contributed by atoms with Gasteiger partial charge in [-0.2, -0.15) is 0 Å². The van der Waals surface area contributed by atoms with Gasteiger partial charge < -0.3 is 15.3 Å². The number of hydrogen-bond acceptors (Lipinski definition) is 3. The zero-order valence-corrected chi connectivity index (χ0v) is 10.2. The van der Waals surface area contributed by atoms with Gasteiger partial charge in [0.15, 0.2) is 0 Å². The van der Waals surface area contributed by atoms with E-state index in [0.29, 0.717) is 0 Å². The third kappa shape index (κ3) is 5.26. The lowest BCUT2D eigenvalue weighted by molar-refractivity contribution is 0.212. The maximum absolute atomic E-state index is 9.18. The van der Waals surface area contributed by atoms with Crippen LogP contribution in [-0.4, -0.2) is 49.8 Å². The van der Waals surface area contributed by atoms with E-state index >= 15 is 0 Å². The van der Waals surface area contributed by atoms with E-state index in [4.69, 9.17) is 0 Å². The summed E-state index contributed by atoms with van der Waals surface area (Å²) in [6.07, 6.45) is 1.00. The third-order valence-corrected chi connectivity index (χ3v) is 2.50. The van der Waals surface area contributed by atoms with Gasteiger partial charge in [-0.1, -0.05) is 30.3 Å². The van der Waals surface area contributed by atoms with Crippen LogP contribution in [0, 0.1) is 0 Å². The summed E-state index contributed by atoms with van der Waals surface area (Å²) < 4.78 is 0. The molecule has 0 heterocycles. The Labute approximate surface area is 98.1 Å². The van der Waals surface area contributed by atoms with E-state index in [1.165, 1.54) is 5.56 Å². The molecule has 1 aromatic rings. The van der Waals surface area contributed by atoms with E-state index < -0.39 is 0 Å². The Hall–Kier alpha value is -0.900. The molecule has 0 aliphatic carbocycles. The molecule has 0 spiro atoms. The van der Waals surface area contributed by atoms with Crippen molar-refractivity contribution >= 4 is 0 Å². The number of aliphatic hydroxyl groups is 1. The second-order valence-corrected chi connectivity index (χ2v) is 4.33. The topological polar surface area (TPSA) is 35.5 Å². The van der Waals surface area contributed by atoms with E-state index in [-0.39, 0.29) is 12.6 Å². The third-order valence-electron chi connectivity index (χ3n) is 2.50. The van der Waals surface area contributed by atoms with Crippen molar-refractivity contribution in [2.24, 2.45) is 0 Å². The Kier molecular flexibility index (Phi) is 6.08. The first-order chi connectivity index (χ1) is 7.72. The Morgan fingerprint density at radius 1 is 1.25 bits per heavy atom. The van der Waals surface area contributed by atoms with Crippen LogP contribution in [0.25, 0.3) is 0 Å². The Morgan fingerprint density at radius 3 is 2.50 bits per heavy atom. The van der Waals surface area contributed by atoms with E-state index in [9.17, 15) is 5.11 Å². The van der Waals surface area contributed by atoms with E-state index in [2.05, 4.69) is 34.5 Å². The van der Waals surface area contributed by atoms with Gasteiger partial charge in [-0.25, -0.2) is 0 Å². The summed E-state index contributed by atoms with van der Waals surface area (Å²) in [5.41, 5.74) is 1.33. The van der Waals surface area contributed by atoms with Crippen LogP contribution in [0.3, 0.4) is 0 Å². The van der Waals surface area contributed by atoms with Crippen molar-refractivity contribution < 1.29 is 5.11 Å². The van der Waals surface area contributed by atoms with Crippen LogP contribution in [0.15, 0.2) is 30.3 Å². The highest BCUT2D eigenvalue weighted by Crippen LogP contribution is 1.98. The number of likely N-dealkylation sites (N-methyl/N-ethyl adjacent to an activating group) is 1. The maximum Gasteiger partial charge on any atom is 0.0597 e. The Morgan fingerprint density at radius 2 is 1.94 bits per heavy atom. The van der Waals surface area contributed by atoms with Crippen molar-refractivity contribution in [3.8, 4) is 0 Å². The fourth-order valence-electron chi connectivity index (χ4n) is 1.69. The summed E-state index contributed by atoms with van der Waals surface area (Å²) in [5, 5.41) is 12.5. The minimum Gasteiger partial charge on any atom is -0.395 e. The summed E-state index contributed by atoms with van der Waals surface area (Å²) in [6, 6.07) is 10.6. The second-order valence-electron chi connectivity index (χ2n) is 4.33. The molecular weight excluding hydrogens is 200 g/mol. The first kappa shape index (κ1) is 13.2. The minimum absolute atomic E-state index is 0.165. The van der Waals surface area contributed by atoms with Crippen LogP contribution in [0.1, 0.15) is 5.56 Å². The lowest BCUT2D eigenvalue weighted by atomic mass is 10.1. The zero-order chi connectivity index (χ0) is 11.8. The number of benzene rings is 1. The fraction of sp³-hybridized carbons (Fsp3) is 0.538. The smallest absolute Gasteiger partial charge is 0.0597 e. The van der Waals surface area contributed by atoms with E-state index in [0.717, 1.165) is 19.5 Å². The fourth-order valence-corrected chi connectivity index (χ4v) is 1.69. The highest BCUT2D eigenvalue weighted by atomic mass is 16.3. The molecule has 16 heavy (non-hydrogen) atoms. The van der Waals surface area contributed by atoms with Gasteiger partial charge in [0.25, 0.3) is 0 Å². The molecule has 3 heteroatoms.